The number of carbonyl (C=O) groups is 1. The number of nitrogens with two attached hydrogens (primary N) is 1. The van der Waals surface area contributed by atoms with Crippen molar-refractivity contribution in [1.29, 1.82) is 0 Å². The third-order valence-electron chi connectivity index (χ3n) is 8.92. The SMILES string of the molecule is COc1cc(N(C)CCN(C)C)c(N)cc1Nc1ncc(C(=O)OC(C)C)c(N2CC3(CCC3)c3nc(-c4cnn(C)c4)ccc32)n1. The van der Waals surface area contributed by atoms with Gasteiger partial charge in [-0.3, -0.25) is 4.68 Å². The van der Waals surface area contributed by atoms with Crippen molar-refractivity contribution >= 4 is 40.5 Å². The summed E-state index contributed by atoms with van der Waals surface area (Å²) in [5.41, 5.74) is 12.5. The smallest absolute Gasteiger partial charge is 0.343 e. The molecule has 3 aromatic heterocycles. The van der Waals surface area contributed by atoms with Crippen LogP contribution in [0, 0.1) is 0 Å². The van der Waals surface area contributed by atoms with Gasteiger partial charge in [-0.15, -0.1) is 0 Å². The van der Waals surface area contributed by atoms with Crippen LogP contribution < -0.4 is 25.6 Å². The molecule has 2 aliphatic rings. The number of benzene rings is 1. The molecule has 0 saturated heterocycles. The summed E-state index contributed by atoms with van der Waals surface area (Å²) in [7, 11) is 9.59. The zero-order chi connectivity index (χ0) is 33.5. The first-order valence-corrected chi connectivity index (χ1v) is 15.9. The van der Waals surface area contributed by atoms with E-state index in [1.54, 1.807) is 11.8 Å². The number of pyridine rings is 1. The van der Waals surface area contributed by atoms with Gasteiger partial charge in [0, 0.05) is 63.2 Å². The van der Waals surface area contributed by atoms with E-state index in [9.17, 15) is 4.79 Å². The Bertz CT molecular complexity index is 1780. The average molecular weight is 641 g/mol. The highest BCUT2D eigenvalue weighted by atomic mass is 16.5. The van der Waals surface area contributed by atoms with Crippen LogP contribution >= 0.6 is 0 Å². The first-order chi connectivity index (χ1) is 22.5. The highest BCUT2D eigenvalue weighted by Gasteiger charge is 2.50. The van der Waals surface area contributed by atoms with E-state index in [1.165, 1.54) is 6.20 Å². The summed E-state index contributed by atoms with van der Waals surface area (Å²) in [4.78, 5) is 34.4. The monoisotopic (exact) mass is 640 g/mol. The first kappa shape index (κ1) is 32.0. The van der Waals surface area contributed by atoms with Crippen LogP contribution in [0.5, 0.6) is 5.75 Å². The number of nitrogens with zero attached hydrogens (tertiary/aromatic N) is 8. The minimum Gasteiger partial charge on any atom is -0.494 e. The summed E-state index contributed by atoms with van der Waals surface area (Å²) in [5, 5.41) is 7.63. The number of methoxy groups -OCH3 is 1. The van der Waals surface area contributed by atoms with Gasteiger partial charge in [-0.25, -0.2) is 14.8 Å². The Morgan fingerprint density at radius 2 is 1.91 bits per heavy atom. The van der Waals surface area contributed by atoms with Crippen molar-refractivity contribution in [2.24, 2.45) is 7.05 Å². The summed E-state index contributed by atoms with van der Waals surface area (Å²) in [6, 6.07) is 7.80. The van der Waals surface area contributed by atoms with Crippen molar-refractivity contribution in [3.8, 4) is 17.0 Å². The Hall–Kier alpha value is -4.91. The van der Waals surface area contributed by atoms with Crippen molar-refractivity contribution < 1.29 is 14.3 Å². The number of anilines is 6. The maximum atomic E-state index is 13.4. The predicted molar refractivity (Wildman–Crippen MR) is 184 cm³/mol. The fraction of sp³-hybridized carbons (Fsp3) is 0.441. The van der Waals surface area contributed by atoms with Crippen molar-refractivity contribution in [1.82, 2.24) is 29.6 Å². The molecule has 13 nitrogen and oxygen atoms in total. The van der Waals surface area contributed by atoms with Gasteiger partial charge in [0.15, 0.2) is 5.82 Å². The summed E-state index contributed by atoms with van der Waals surface area (Å²) in [6.07, 6.45) is 8.15. The van der Waals surface area contributed by atoms with Crippen LogP contribution in [0.3, 0.4) is 0 Å². The second-order valence-corrected chi connectivity index (χ2v) is 13.0. The minimum absolute atomic E-state index is 0.128. The number of esters is 1. The molecule has 0 bridgehead atoms. The van der Waals surface area contributed by atoms with E-state index < -0.39 is 5.97 Å². The van der Waals surface area contributed by atoms with Crippen LogP contribution in [0.15, 0.2) is 42.9 Å². The van der Waals surface area contributed by atoms with Crippen molar-refractivity contribution in [3.05, 3.63) is 54.1 Å². The molecule has 6 rings (SSSR count). The van der Waals surface area contributed by atoms with Crippen LogP contribution in [-0.2, 0) is 17.2 Å². The van der Waals surface area contributed by atoms with Gasteiger partial charge in [0.05, 0.1) is 53.5 Å². The zero-order valence-electron chi connectivity index (χ0n) is 28.2. The number of carbonyl (C=O) groups excluding carboxylic acids is 1. The van der Waals surface area contributed by atoms with Gasteiger partial charge in [-0.05, 0) is 59.0 Å². The molecule has 1 aromatic carbocycles. The van der Waals surface area contributed by atoms with Crippen molar-refractivity contribution in [2.75, 3.05) is 68.7 Å². The molecule has 248 valence electrons. The third-order valence-corrected chi connectivity index (χ3v) is 8.92. The Balaban J connectivity index is 1.38. The average Bonchev–Trinajstić information content (AvgIpc) is 3.61. The molecule has 1 aliphatic heterocycles. The number of likely N-dealkylation sites (N-methyl/N-ethyl adjacent to an activating group) is 2. The van der Waals surface area contributed by atoms with Gasteiger partial charge < -0.3 is 35.2 Å². The molecule has 13 heteroatoms. The highest BCUT2D eigenvalue weighted by Crippen LogP contribution is 2.54. The number of aromatic nitrogens is 5. The Kier molecular flexibility index (Phi) is 8.66. The summed E-state index contributed by atoms with van der Waals surface area (Å²) in [5.74, 6) is 0.862. The molecular weight excluding hydrogens is 596 g/mol. The standard InChI is InChI=1S/C34H44N10O3/c1-21(2)47-32(45)23-18-36-33(39-26-15-24(35)28(16-29(26)46-7)42(5)14-13-41(3)4)40-31(23)44-20-34(11-8-12-34)30-27(44)10-9-25(38-30)22-17-37-43(6)19-22/h9-10,15-19,21H,8,11-14,20,35H2,1-7H3,(H,36,39,40). The van der Waals surface area contributed by atoms with Crippen molar-refractivity contribution in [2.45, 2.75) is 44.6 Å². The van der Waals surface area contributed by atoms with Crippen LogP contribution in [0.4, 0.5) is 34.5 Å². The number of aryl methyl sites for hydroxylation is 1. The number of rotatable bonds is 11. The predicted octanol–water partition coefficient (Wildman–Crippen LogP) is 4.74. The van der Waals surface area contributed by atoms with Gasteiger partial charge in [0.25, 0.3) is 0 Å². The zero-order valence-corrected chi connectivity index (χ0v) is 28.2. The van der Waals surface area contributed by atoms with E-state index in [1.807, 2.05) is 72.6 Å². The molecule has 4 aromatic rings. The number of nitrogen functional groups attached to an aromatic ring is 1. The quantitative estimate of drug-likeness (QED) is 0.173. The molecule has 0 amide bonds. The lowest BCUT2D eigenvalue weighted by atomic mass is 9.67. The molecule has 0 atom stereocenters. The molecular formula is C34H44N10O3. The molecule has 4 heterocycles. The molecule has 47 heavy (non-hydrogen) atoms. The highest BCUT2D eigenvalue weighted by molar-refractivity contribution is 5.96. The van der Waals surface area contributed by atoms with Crippen molar-refractivity contribution in [3.63, 3.8) is 0 Å². The van der Waals surface area contributed by atoms with E-state index in [2.05, 4.69) is 36.2 Å². The molecule has 1 fully saturated rings. The number of nitrogens with one attached hydrogen (secondary N) is 1. The summed E-state index contributed by atoms with van der Waals surface area (Å²) >= 11 is 0. The van der Waals surface area contributed by atoms with E-state index in [0.29, 0.717) is 35.4 Å². The summed E-state index contributed by atoms with van der Waals surface area (Å²) < 4.78 is 13.2. The number of fused-ring (bicyclic) bond motifs is 2. The molecule has 1 spiro atoms. The van der Waals surface area contributed by atoms with Gasteiger partial charge in [-0.1, -0.05) is 6.42 Å². The van der Waals surface area contributed by atoms with E-state index in [-0.39, 0.29) is 17.1 Å². The third kappa shape index (κ3) is 6.27. The molecule has 0 radical (unpaired) electrons. The molecule has 0 unspecified atom stereocenters. The maximum Gasteiger partial charge on any atom is 0.343 e. The van der Waals surface area contributed by atoms with Gasteiger partial charge in [-0.2, -0.15) is 10.1 Å². The minimum atomic E-state index is -0.482. The second kappa shape index (κ2) is 12.7. The van der Waals surface area contributed by atoms with Crippen LogP contribution in [-0.4, -0.2) is 89.6 Å². The normalized spacial score (nSPS) is 14.8. The van der Waals surface area contributed by atoms with Gasteiger partial charge in [0.2, 0.25) is 5.95 Å². The second-order valence-electron chi connectivity index (χ2n) is 13.0. The van der Waals surface area contributed by atoms with E-state index in [4.69, 9.17) is 25.2 Å². The van der Waals surface area contributed by atoms with Crippen LogP contribution in [0.1, 0.15) is 49.2 Å². The lowest BCUT2D eigenvalue weighted by Crippen LogP contribution is -2.39. The number of ether oxygens (including phenoxy) is 2. The first-order valence-electron chi connectivity index (χ1n) is 15.9. The Morgan fingerprint density at radius 3 is 2.55 bits per heavy atom. The van der Waals surface area contributed by atoms with Crippen LogP contribution in [0.2, 0.25) is 0 Å². The lowest BCUT2D eigenvalue weighted by Gasteiger charge is -2.38. The Labute approximate surface area is 275 Å². The van der Waals surface area contributed by atoms with Crippen LogP contribution in [0.25, 0.3) is 11.3 Å². The topological polar surface area (TPSA) is 140 Å². The van der Waals surface area contributed by atoms with E-state index >= 15 is 0 Å². The van der Waals surface area contributed by atoms with E-state index in [0.717, 1.165) is 60.7 Å². The molecule has 1 aliphatic carbocycles. The number of hydrogen-bond donors (Lipinski definition) is 2. The maximum absolute atomic E-state index is 13.4. The molecule has 3 N–H and O–H groups in total. The Morgan fingerprint density at radius 1 is 1.13 bits per heavy atom. The van der Waals surface area contributed by atoms with Gasteiger partial charge in [0.1, 0.15) is 11.3 Å². The molecule has 1 saturated carbocycles. The van der Waals surface area contributed by atoms with Gasteiger partial charge >= 0.3 is 5.97 Å². The fourth-order valence-corrected chi connectivity index (χ4v) is 6.26. The number of hydrogen-bond acceptors (Lipinski definition) is 12. The largest absolute Gasteiger partial charge is 0.494 e. The fourth-order valence-electron chi connectivity index (χ4n) is 6.26. The summed E-state index contributed by atoms with van der Waals surface area (Å²) in [6.45, 7) is 5.97. The lowest BCUT2D eigenvalue weighted by molar-refractivity contribution is 0.0378.